The lowest BCUT2D eigenvalue weighted by Gasteiger charge is -2.30. The number of carbonyl (C=O) groups excluding carboxylic acids is 1. The molecule has 1 saturated heterocycles. The van der Waals surface area contributed by atoms with Crippen molar-refractivity contribution in [3.63, 3.8) is 0 Å². The molecule has 3 atom stereocenters. The van der Waals surface area contributed by atoms with E-state index < -0.39 is 0 Å². The molecule has 0 bridgehead atoms. The van der Waals surface area contributed by atoms with Crippen molar-refractivity contribution in [2.75, 3.05) is 0 Å². The molecular formula is C15H19ClN2O. The highest BCUT2D eigenvalue weighted by molar-refractivity contribution is 6.30. The van der Waals surface area contributed by atoms with Crippen LogP contribution in [0.1, 0.15) is 38.4 Å². The summed E-state index contributed by atoms with van der Waals surface area (Å²) in [5.41, 5.74) is 1.11. The maximum Gasteiger partial charge on any atom is 0.241 e. The van der Waals surface area contributed by atoms with Crippen LogP contribution in [0.5, 0.6) is 0 Å². The van der Waals surface area contributed by atoms with Gasteiger partial charge < -0.3 is 4.90 Å². The average Bonchev–Trinajstić information content (AvgIpc) is 3.18. The highest BCUT2D eigenvalue weighted by Crippen LogP contribution is 2.39. The number of hydrogen-bond donors (Lipinski definition) is 1. The molecular weight excluding hydrogens is 260 g/mol. The van der Waals surface area contributed by atoms with Crippen LogP contribution in [0.4, 0.5) is 0 Å². The molecule has 3 rings (SSSR count). The van der Waals surface area contributed by atoms with Crippen LogP contribution in [-0.4, -0.2) is 22.9 Å². The highest BCUT2D eigenvalue weighted by atomic mass is 35.5. The molecule has 19 heavy (non-hydrogen) atoms. The second-order valence-corrected chi connectivity index (χ2v) is 6.10. The van der Waals surface area contributed by atoms with Gasteiger partial charge in [0.15, 0.2) is 0 Å². The number of rotatable bonds is 3. The molecule has 2 aliphatic rings. The predicted molar refractivity (Wildman–Crippen MR) is 75.8 cm³/mol. The van der Waals surface area contributed by atoms with E-state index in [0.29, 0.717) is 12.0 Å². The molecule has 1 amide bonds. The van der Waals surface area contributed by atoms with Gasteiger partial charge in [-0.15, -0.1) is 0 Å². The molecule has 3 nitrogen and oxygen atoms in total. The Morgan fingerprint density at radius 1 is 1.32 bits per heavy atom. The van der Waals surface area contributed by atoms with E-state index in [9.17, 15) is 4.79 Å². The van der Waals surface area contributed by atoms with E-state index in [2.05, 4.69) is 12.2 Å². The van der Waals surface area contributed by atoms with Crippen LogP contribution >= 0.6 is 11.6 Å². The van der Waals surface area contributed by atoms with Gasteiger partial charge >= 0.3 is 0 Å². The van der Waals surface area contributed by atoms with E-state index in [0.717, 1.165) is 10.6 Å². The Hall–Kier alpha value is -1.06. The third-order valence-corrected chi connectivity index (χ3v) is 4.49. The van der Waals surface area contributed by atoms with Crippen molar-refractivity contribution in [3.05, 3.63) is 34.9 Å². The van der Waals surface area contributed by atoms with Gasteiger partial charge in [-0.2, -0.15) is 0 Å². The summed E-state index contributed by atoms with van der Waals surface area (Å²) >= 11 is 5.93. The van der Waals surface area contributed by atoms with Crippen LogP contribution in [-0.2, 0) is 4.79 Å². The summed E-state index contributed by atoms with van der Waals surface area (Å²) in [5, 5.41) is 4.11. The monoisotopic (exact) mass is 278 g/mol. The lowest BCUT2D eigenvalue weighted by Crippen LogP contribution is -2.39. The molecule has 1 aliphatic heterocycles. The standard InChI is InChI=1S/C15H19ClN2O/c1-9-15(19)18(10(2)11-3-4-11)14(17-9)12-5-7-13(16)8-6-12/h5-11,14,17H,3-4H2,1-2H3. The zero-order chi connectivity index (χ0) is 13.6. The van der Waals surface area contributed by atoms with E-state index in [1.807, 2.05) is 36.1 Å². The van der Waals surface area contributed by atoms with Gasteiger partial charge in [0.2, 0.25) is 5.91 Å². The van der Waals surface area contributed by atoms with Gasteiger partial charge in [-0.3, -0.25) is 10.1 Å². The number of amides is 1. The smallest absolute Gasteiger partial charge is 0.241 e. The van der Waals surface area contributed by atoms with Gasteiger partial charge in [-0.25, -0.2) is 0 Å². The molecule has 1 aliphatic carbocycles. The number of halogens is 1. The molecule has 0 aromatic heterocycles. The minimum atomic E-state index is -0.109. The topological polar surface area (TPSA) is 32.3 Å². The molecule has 1 saturated carbocycles. The lowest BCUT2D eigenvalue weighted by atomic mass is 10.1. The maximum absolute atomic E-state index is 12.4. The normalized spacial score (nSPS) is 28.8. The van der Waals surface area contributed by atoms with Gasteiger partial charge in [0.05, 0.1) is 6.04 Å². The van der Waals surface area contributed by atoms with Crippen LogP contribution in [0.25, 0.3) is 0 Å². The van der Waals surface area contributed by atoms with Crippen LogP contribution in [0.15, 0.2) is 24.3 Å². The number of carbonyl (C=O) groups is 1. The number of benzene rings is 1. The Morgan fingerprint density at radius 3 is 2.53 bits per heavy atom. The zero-order valence-corrected chi connectivity index (χ0v) is 12.0. The first-order chi connectivity index (χ1) is 9.08. The quantitative estimate of drug-likeness (QED) is 0.922. The molecule has 4 heteroatoms. The molecule has 1 aromatic carbocycles. The SMILES string of the molecule is CC1NC(c2ccc(Cl)cc2)N(C(C)C2CC2)C1=O. The minimum Gasteiger partial charge on any atom is -0.319 e. The molecule has 1 aromatic rings. The summed E-state index contributed by atoms with van der Waals surface area (Å²) in [7, 11) is 0. The van der Waals surface area contributed by atoms with Gasteiger partial charge in [0, 0.05) is 11.1 Å². The third kappa shape index (κ3) is 2.37. The second kappa shape index (κ2) is 4.80. The summed E-state index contributed by atoms with van der Waals surface area (Å²) in [6.07, 6.45) is 2.47. The summed E-state index contributed by atoms with van der Waals surface area (Å²) in [6, 6.07) is 7.96. The predicted octanol–water partition coefficient (Wildman–Crippen LogP) is 2.96. The number of hydrogen-bond acceptors (Lipinski definition) is 2. The number of nitrogens with zero attached hydrogens (tertiary/aromatic N) is 1. The van der Waals surface area contributed by atoms with Crippen molar-refractivity contribution in [1.82, 2.24) is 10.2 Å². The summed E-state index contributed by atoms with van der Waals surface area (Å²) in [6.45, 7) is 4.10. The van der Waals surface area contributed by atoms with Gasteiger partial charge in [-0.05, 0) is 50.3 Å². The van der Waals surface area contributed by atoms with E-state index in [1.54, 1.807) is 0 Å². The van der Waals surface area contributed by atoms with Crippen molar-refractivity contribution < 1.29 is 4.79 Å². The first kappa shape index (κ1) is 12.9. The van der Waals surface area contributed by atoms with Crippen molar-refractivity contribution in [1.29, 1.82) is 0 Å². The van der Waals surface area contributed by atoms with E-state index in [-0.39, 0.29) is 18.1 Å². The molecule has 0 radical (unpaired) electrons. The Balaban J connectivity index is 1.89. The highest BCUT2D eigenvalue weighted by Gasteiger charge is 2.44. The van der Waals surface area contributed by atoms with Crippen LogP contribution < -0.4 is 5.32 Å². The largest absolute Gasteiger partial charge is 0.319 e. The van der Waals surface area contributed by atoms with Gasteiger partial charge in [0.25, 0.3) is 0 Å². The third-order valence-electron chi connectivity index (χ3n) is 4.24. The summed E-state index contributed by atoms with van der Waals surface area (Å²) < 4.78 is 0. The average molecular weight is 279 g/mol. The van der Waals surface area contributed by atoms with Crippen molar-refractivity contribution in [3.8, 4) is 0 Å². The Labute approximate surface area is 118 Å². The first-order valence-corrected chi connectivity index (χ1v) is 7.29. The minimum absolute atomic E-state index is 0.0182. The molecule has 0 spiro atoms. The van der Waals surface area contributed by atoms with Crippen molar-refractivity contribution in [2.45, 2.75) is 44.9 Å². The fraction of sp³-hybridized carbons (Fsp3) is 0.533. The van der Waals surface area contributed by atoms with E-state index >= 15 is 0 Å². The zero-order valence-electron chi connectivity index (χ0n) is 11.3. The van der Waals surface area contributed by atoms with Crippen LogP contribution in [0, 0.1) is 5.92 Å². The molecule has 2 fully saturated rings. The van der Waals surface area contributed by atoms with Crippen molar-refractivity contribution >= 4 is 17.5 Å². The molecule has 1 heterocycles. The summed E-state index contributed by atoms with van der Waals surface area (Å²) in [4.78, 5) is 14.4. The molecule has 3 unspecified atom stereocenters. The fourth-order valence-electron chi connectivity index (χ4n) is 2.88. The first-order valence-electron chi connectivity index (χ1n) is 6.91. The van der Waals surface area contributed by atoms with Gasteiger partial charge in [-0.1, -0.05) is 23.7 Å². The molecule has 102 valence electrons. The van der Waals surface area contributed by atoms with Crippen LogP contribution in [0.2, 0.25) is 5.02 Å². The fourth-order valence-corrected chi connectivity index (χ4v) is 3.01. The Morgan fingerprint density at radius 2 is 1.95 bits per heavy atom. The van der Waals surface area contributed by atoms with Crippen molar-refractivity contribution in [2.24, 2.45) is 5.92 Å². The Bertz CT molecular complexity index is 483. The molecule has 1 N–H and O–H groups in total. The lowest BCUT2D eigenvalue weighted by molar-refractivity contribution is -0.132. The maximum atomic E-state index is 12.4. The van der Waals surface area contributed by atoms with Gasteiger partial charge in [0.1, 0.15) is 6.17 Å². The Kier molecular flexibility index (Phi) is 3.27. The van der Waals surface area contributed by atoms with E-state index in [4.69, 9.17) is 11.6 Å². The second-order valence-electron chi connectivity index (χ2n) is 5.67. The van der Waals surface area contributed by atoms with Crippen LogP contribution in [0.3, 0.4) is 0 Å². The number of nitrogens with one attached hydrogen (secondary N) is 1. The summed E-state index contributed by atoms with van der Waals surface area (Å²) in [5.74, 6) is 0.880. The van der Waals surface area contributed by atoms with E-state index in [1.165, 1.54) is 12.8 Å².